The molecule has 1 fully saturated rings. The molecule has 1 aliphatic heterocycles. The van der Waals surface area contributed by atoms with Crippen LogP contribution in [-0.4, -0.2) is 35.5 Å². The van der Waals surface area contributed by atoms with Crippen LogP contribution in [0.2, 0.25) is 0 Å². The van der Waals surface area contributed by atoms with Gasteiger partial charge in [-0.25, -0.2) is 9.98 Å². The van der Waals surface area contributed by atoms with Crippen LogP contribution in [0.4, 0.5) is 0 Å². The lowest BCUT2D eigenvalue weighted by Crippen LogP contribution is -2.40. The molecule has 21 heavy (non-hydrogen) atoms. The van der Waals surface area contributed by atoms with Crippen LogP contribution in [0.5, 0.6) is 5.88 Å². The van der Waals surface area contributed by atoms with Crippen LogP contribution in [-0.2, 0) is 6.54 Å². The highest BCUT2D eigenvalue weighted by Gasteiger charge is 2.12. The van der Waals surface area contributed by atoms with Crippen molar-refractivity contribution in [2.45, 2.75) is 45.6 Å². The van der Waals surface area contributed by atoms with Crippen LogP contribution in [0, 0.1) is 0 Å². The number of pyridine rings is 1. The average Bonchev–Trinajstić information content (AvgIpc) is 2.54. The predicted molar refractivity (Wildman–Crippen MR) is 85.4 cm³/mol. The molecule has 1 aromatic heterocycles. The number of hydrogen-bond acceptors (Lipinski definition) is 3. The first-order valence-electron chi connectivity index (χ1n) is 7.93. The van der Waals surface area contributed by atoms with Gasteiger partial charge in [-0.15, -0.1) is 0 Å². The molecule has 2 N–H and O–H groups in total. The number of guanidine groups is 1. The molecule has 0 bridgehead atoms. The summed E-state index contributed by atoms with van der Waals surface area (Å²) in [5.74, 6) is 1.32. The third-order valence-corrected chi connectivity index (χ3v) is 3.68. The number of nitrogens with two attached hydrogens (primary N) is 1. The maximum atomic E-state index is 6.08. The number of hydrogen-bond donors (Lipinski definition) is 1. The first-order valence-corrected chi connectivity index (χ1v) is 7.93. The van der Waals surface area contributed by atoms with Crippen molar-refractivity contribution in [2.75, 3.05) is 19.7 Å². The molecule has 0 atom stereocenters. The van der Waals surface area contributed by atoms with Gasteiger partial charge in [0.15, 0.2) is 5.96 Å². The Hall–Kier alpha value is -1.78. The monoisotopic (exact) mass is 290 g/mol. The van der Waals surface area contributed by atoms with Gasteiger partial charge >= 0.3 is 0 Å². The van der Waals surface area contributed by atoms with Crippen molar-refractivity contribution in [1.82, 2.24) is 9.88 Å². The fourth-order valence-corrected chi connectivity index (χ4v) is 2.38. The van der Waals surface area contributed by atoms with E-state index < -0.39 is 0 Å². The third-order valence-electron chi connectivity index (χ3n) is 3.68. The molecule has 0 unspecified atom stereocenters. The van der Waals surface area contributed by atoms with Crippen LogP contribution < -0.4 is 10.5 Å². The largest absolute Gasteiger partial charge is 0.477 e. The van der Waals surface area contributed by atoms with E-state index in [0.717, 1.165) is 31.5 Å². The molecule has 1 aliphatic rings. The molecule has 116 valence electrons. The second-order valence-electron chi connectivity index (χ2n) is 5.39. The minimum atomic E-state index is 0.525. The van der Waals surface area contributed by atoms with E-state index in [1.54, 1.807) is 6.20 Å². The minimum absolute atomic E-state index is 0.525. The number of nitrogens with zero attached hydrogens (tertiary/aromatic N) is 3. The van der Waals surface area contributed by atoms with E-state index in [9.17, 15) is 0 Å². The first-order chi connectivity index (χ1) is 10.3. The van der Waals surface area contributed by atoms with Gasteiger partial charge < -0.3 is 15.4 Å². The predicted octanol–water partition coefficient (Wildman–Crippen LogP) is 2.56. The van der Waals surface area contributed by atoms with E-state index in [-0.39, 0.29) is 0 Å². The molecule has 5 nitrogen and oxygen atoms in total. The van der Waals surface area contributed by atoms with Crippen molar-refractivity contribution < 1.29 is 4.74 Å². The van der Waals surface area contributed by atoms with E-state index in [2.05, 4.69) is 21.8 Å². The zero-order valence-electron chi connectivity index (χ0n) is 12.9. The molecule has 0 aromatic carbocycles. The highest BCUT2D eigenvalue weighted by molar-refractivity contribution is 5.78. The summed E-state index contributed by atoms with van der Waals surface area (Å²) in [5, 5.41) is 0. The lowest BCUT2D eigenvalue weighted by molar-refractivity contribution is 0.294. The molecule has 0 radical (unpaired) electrons. The van der Waals surface area contributed by atoms with E-state index in [4.69, 9.17) is 10.5 Å². The Balaban J connectivity index is 1.94. The van der Waals surface area contributed by atoms with Gasteiger partial charge in [0.2, 0.25) is 5.88 Å². The van der Waals surface area contributed by atoms with Gasteiger partial charge in [-0.1, -0.05) is 19.4 Å². The summed E-state index contributed by atoms with van der Waals surface area (Å²) in [6, 6.07) is 3.91. The molecule has 1 saturated heterocycles. The summed E-state index contributed by atoms with van der Waals surface area (Å²) in [4.78, 5) is 11.0. The van der Waals surface area contributed by atoms with Gasteiger partial charge in [-0.05, 0) is 31.7 Å². The van der Waals surface area contributed by atoms with Crippen LogP contribution in [0.1, 0.15) is 44.6 Å². The molecule has 1 aromatic rings. The van der Waals surface area contributed by atoms with Gasteiger partial charge in [0.25, 0.3) is 0 Å². The fourth-order valence-electron chi connectivity index (χ4n) is 2.38. The first kappa shape index (κ1) is 15.6. The van der Waals surface area contributed by atoms with Gasteiger partial charge in [-0.3, -0.25) is 0 Å². The number of aromatic nitrogens is 1. The lowest BCUT2D eigenvalue weighted by Gasteiger charge is -2.27. The van der Waals surface area contributed by atoms with E-state index in [1.165, 1.54) is 19.3 Å². The van der Waals surface area contributed by atoms with Crippen LogP contribution in [0.15, 0.2) is 23.3 Å². The highest BCUT2D eigenvalue weighted by atomic mass is 16.5. The molecule has 0 spiro atoms. The quantitative estimate of drug-likeness (QED) is 0.497. The van der Waals surface area contributed by atoms with Crippen molar-refractivity contribution >= 4 is 5.96 Å². The Morgan fingerprint density at radius 1 is 1.38 bits per heavy atom. The maximum absolute atomic E-state index is 6.08. The highest BCUT2D eigenvalue weighted by Crippen LogP contribution is 2.16. The summed E-state index contributed by atoms with van der Waals surface area (Å²) in [6.45, 7) is 5.40. The van der Waals surface area contributed by atoms with Gasteiger partial charge in [-0.2, -0.15) is 0 Å². The number of likely N-dealkylation sites (tertiary alicyclic amines) is 1. The summed E-state index contributed by atoms with van der Waals surface area (Å²) < 4.78 is 5.72. The molecule has 0 saturated carbocycles. The Morgan fingerprint density at radius 2 is 2.19 bits per heavy atom. The van der Waals surface area contributed by atoms with Crippen molar-refractivity contribution in [1.29, 1.82) is 0 Å². The van der Waals surface area contributed by atoms with Crippen LogP contribution in [0.3, 0.4) is 0 Å². The van der Waals surface area contributed by atoms with E-state index >= 15 is 0 Å². The van der Waals surface area contributed by atoms with E-state index in [1.807, 2.05) is 12.1 Å². The SMILES string of the molecule is CCCCOc1ncccc1CN=C(N)N1CCCCC1. The Morgan fingerprint density at radius 3 is 2.95 bits per heavy atom. The normalized spacial score (nSPS) is 16.0. The fraction of sp³-hybridized carbons (Fsp3) is 0.625. The standard InChI is InChI=1S/C16H26N4O/c1-2-3-12-21-15-14(8-7-9-18-15)13-19-16(17)20-10-5-4-6-11-20/h7-9H,2-6,10-13H2,1H3,(H2,17,19). The molecule has 0 aliphatic carbocycles. The molecular formula is C16H26N4O. The minimum Gasteiger partial charge on any atom is -0.477 e. The molecule has 2 heterocycles. The number of unbranched alkanes of at least 4 members (excludes halogenated alkanes) is 1. The number of ether oxygens (including phenoxy) is 1. The van der Waals surface area contributed by atoms with Gasteiger partial charge in [0, 0.05) is 24.8 Å². The third kappa shape index (κ3) is 4.92. The summed E-state index contributed by atoms with van der Waals surface area (Å²) in [6.07, 6.45) is 7.60. The smallest absolute Gasteiger partial charge is 0.218 e. The van der Waals surface area contributed by atoms with Crippen molar-refractivity contribution in [2.24, 2.45) is 10.7 Å². The van der Waals surface area contributed by atoms with Crippen LogP contribution >= 0.6 is 0 Å². The van der Waals surface area contributed by atoms with Crippen molar-refractivity contribution in [3.05, 3.63) is 23.9 Å². The Labute approximate surface area is 127 Å². The summed E-state index contributed by atoms with van der Waals surface area (Å²) >= 11 is 0. The maximum Gasteiger partial charge on any atom is 0.218 e. The van der Waals surface area contributed by atoms with Crippen molar-refractivity contribution in [3.8, 4) is 5.88 Å². The molecule has 5 heteroatoms. The van der Waals surface area contributed by atoms with E-state index in [0.29, 0.717) is 25.0 Å². The molecular weight excluding hydrogens is 264 g/mol. The topological polar surface area (TPSA) is 63.7 Å². The average molecular weight is 290 g/mol. The Kier molecular flexibility index (Phi) is 6.31. The van der Waals surface area contributed by atoms with Gasteiger partial charge in [0.1, 0.15) is 0 Å². The molecule has 2 rings (SSSR count). The second kappa shape index (κ2) is 8.49. The Bertz CT molecular complexity index is 455. The zero-order chi connectivity index (χ0) is 14.9. The molecule has 0 amide bonds. The number of piperidine rings is 1. The summed E-state index contributed by atoms with van der Waals surface area (Å²) in [7, 11) is 0. The van der Waals surface area contributed by atoms with Crippen LogP contribution in [0.25, 0.3) is 0 Å². The number of aliphatic imine (C=N–C) groups is 1. The van der Waals surface area contributed by atoms with Gasteiger partial charge in [0.05, 0.1) is 13.2 Å². The lowest BCUT2D eigenvalue weighted by atomic mass is 10.1. The second-order valence-corrected chi connectivity index (χ2v) is 5.39. The summed E-state index contributed by atoms with van der Waals surface area (Å²) in [5.41, 5.74) is 7.08. The zero-order valence-corrected chi connectivity index (χ0v) is 12.9. The van der Waals surface area contributed by atoms with Crippen molar-refractivity contribution in [3.63, 3.8) is 0 Å². The number of rotatable bonds is 6.